The minimum Gasteiger partial charge on any atom is -0.490 e. The van der Waals surface area contributed by atoms with Crippen LogP contribution < -0.4 is 10.1 Å². The molecule has 7 nitrogen and oxygen atoms in total. The number of rotatable bonds is 6. The summed E-state index contributed by atoms with van der Waals surface area (Å²) in [5.74, 6) is 2.75. The Kier molecular flexibility index (Phi) is 6.59. The van der Waals surface area contributed by atoms with E-state index in [-0.39, 0.29) is 6.10 Å². The number of nitrogens with zero attached hydrogens (tertiary/aromatic N) is 5. The van der Waals surface area contributed by atoms with Crippen LogP contribution in [-0.4, -0.2) is 51.1 Å². The third-order valence-corrected chi connectivity index (χ3v) is 5.11. The molecule has 1 fully saturated rings. The van der Waals surface area contributed by atoms with Gasteiger partial charge >= 0.3 is 0 Å². The Morgan fingerprint density at radius 2 is 2.00 bits per heavy atom. The number of likely N-dealkylation sites (tertiary alicyclic amines) is 1. The van der Waals surface area contributed by atoms with Crippen LogP contribution in [0, 0.1) is 0 Å². The molecular formula is C23H28N6O. The van der Waals surface area contributed by atoms with E-state index in [1.165, 1.54) is 0 Å². The first-order valence-electron chi connectivity index (χ1n) is 10.5. The Hall–Kier alpha value is -3.35. The number of imidazole rings is 1. The number of benzene rings is 1. The van der Waals surface area contributed by atoms with E-state index in [2.05, 4.69) is 33.2 Å². The first-order chi connectivity index (χ1) is 14.8. The highest BCUT2D eigenvalue weighted by Crippen LogP contribution is 2.19. The first-order valence-corrected chi connectivity index (χ1v) is 10.5. The van der Waals surface area contributed by atoms with E-state index in [0.29, 0.717) is 6.54 Å². The molecule has 3 heterocycles. The highest BCUT2D eigenvalue weighted by atomic mass is 16.5. The molecule has 4 rings (SSSR count). The molecule has 0 bridgehead atoms. The predicted octanol–water partition coefficient (Wildman–Crippen LogP) is 3.28. The largest absolute Gasteiger partial charge is 0.490 e. The van der Waals surface area contributed by atoms with Gasteiger partial charge in [0.1, 0.15) is 24.0 Å². The van der Waals surface area contributed by atoms with E-state index in [0.717, 1.165) is 55.6 Å². The van der Waals surface area contributed by atoms with E-state index < -0.39 is 0 Å². The van der Waals surface area contributed by atoms with Crippen LogP contribution in [0.2, 0.25) is 0 Å². The van der Waals surface area contributed by atoms with Crippen LogP contribution in [-0.2, 0) is 6.54 Å². The van der Waals surface area contributed by atoms with Gasteiger partial charge in [-0.15, -0.1) is 0 Å². The minimum absolute atomic E-state index is 0.254. The van der Waals surface area contributed by atoms with Crippen LogP contribution in [0.1, 0.15) is 25.3 Å². The Morgan fingerprint density at radius 1 is 1.17 bits per heavy atom. The van der Waals surface area contributed by atoms with Gasteiger partial charge < -0.3 is 15.0 Å². The molecule has 0 unspecified atom stereocenters. The maximum Gasteiger partial charge on any atom is 0.194 e. The zero-order valence-corrected chi connectivity index (χ0v) is 17.3. The number of piperidine rings is 1. The number of guanidine groups is 1. The van der Waals surface area contributed by atoms with Crippen molar-refractivity contribution in [3.63, 3.8) is 0 Å². The van der Waals surface area contributed by atoms with Crippen molar-refractivity contribution in [3.05, 3.63) is 72.9 Å². The van der Waals surface area contributed by atoms with Gasteiger partial charge in [0.15, 0.2) is 5.96 Å². The monoisotopic (exact) mass is 404 g/mol. The van der Waals surface area contributed by atoms with Gasteiger partial charge in [-0.2, -0.15) is 0 Å². The van der Waals surface area contributed by atoms with Crippen molar-refractivity contribution in [2.24, 2.45) is 4.99 Å². The van der Waals surface area contributed by atoms with Crippen molar-refractivity contribution in [1.29, 1.82) is 0 Å². The molecule has 7 heteroatoms. The fraction of sp³-hybridized carbons (Fsp3) is 0.348. The molecule has 2 aromatic heterocycles. The van der Waals surface area contributed by atoms with Crippen LogP contribution in [0.3, 0.4) is 0 Å². The lowest BCUT2D eigenvalue weighted by Crippen LogP contribution is -2.47. The van der Waals surface area contributed by atoms with Crippen LogP contribution in [0.4, 0.5) is 0 Å². The molecule has 0 aliphatic carbocycles. The highest BCUT2D eigenvalue weighted by molar-refractivity contribution is 5.80. The van der Waals surface area contributed by atoms with Crippen LogP contribution in [0.5, 0.6) is 5.75 Å². The summed E-state index contributed by atoms with van der Waals surface area (Å²) < 4.78 is 8.02. The average molecular weight is 405 g/mol. The van der Waals surface area contributed by atoms with Gasteiger partial charge in [0.2, 0.25) is 0 Å². The van der Waals surface area contributed by atoms with Crippen molar-refractivity contribution in [2.75, 3.05) is 19.6 Å². The smallest absolute Gasteiger partial charge is 0.194 e. The maximum atomic E-state index is 6.12. The summed E-state index contributed by atoms with van der Waals surface area (Å²) in [7, 11) is 0. The number of hydrogen-bond acceptors (Lipinski definition) is 4. The van der Waals surface area contributed by atoms with Crippen molar-refractivity contribution < 1.29 is 4.74 Å². The second kappa shape index (κ2) is 9.91. The quantitative estimate of drug-likeness (QED) is 0.504. The number of ether oxygens (including phenoxy) is 1. The molecular weight excluding hydrogens is 376 g/mol. The van der Waals surface area contributed by atoms with Crippen molar-refractivity contribution in [1.82, 2.24) is 24.8 Å². The third-order valence-electron chi connectivity index (χ3n) is 5.11. The molecule has 1 N–H and O–H groups in total. The van der Waals surface area contributed by atoms with Gasteiger partial charge in [-0.25, -0.2) is 15.0 Å². The highest BCUT2D eigenvalue weighted by Gasteiger charge is 2.22. The first kappa shape index (κ1) is 19.9. The topological polar surface area (TPSA) is 67.6 Å². The lowest BCUT2D eigenvalue weighted by atomic mass is 10.1. The Morgan fingerprint density at radius 3 is 2.73 bits per heavy atom. The number of para-hydroxylation sites is 1. The summed E-state index contributed by atoms with van der Waals surface area (Å²) in [5, 5.41) is 3.43. The molecule has 0 radical (unpaired) electrons. The molecule has 1 aliphatic rings. The summed E-state index contributed by atoms with van der Waals surface area (Å²) in [6, 6.07) is 14.1. The van der Waals surface area contributed by atoms with E-state index >= 15 is 0 Å². The summed E-state index contributed by atoms with van der Waals surface area (Å²) in [5.41, 5.74) is 1.12. The number of nitrogens with one attached hydrogen (secondary N) is 1. The number of pyridine rings is 1. The molecule has 156 valence electrons. The molecule has 3 aromatic rings. The normalized spacial score (nSPS) is 15.2. The van der Waals surface area contributed by atoms with E-state index in [1.807, 2.05) is 53.4 Å². The summed E-state index contributed by atoms with van der Waals surface area (Å²) in [6.45, 7) is 5.41. The summed E-state index contributed by atoms with van der Waals surface area (Å²) in [6.07, 6.45) is 9.44. The van der Waals surface area contributed by atoms with Gasteiger partial charge in [-0.3, -0.25) is 4.57 Å². The predicted molar refractivity (Wildman–Crippen MR) is 118 cm³/mol. The Balaban J connectivity index is 1.37. The third kappa shape index (κ3) is 5.17. The summed E-state index contributed by atoms with van der Waals surface area (Å²) in [4.78, 5) is 15.7. The SMILES string of the molecule is CCNC(=NCc1ccnc(-n2ccnc2)c1)N1CCC(Oc2ccccc2)CC1. The van der Waals surface area contributed by atoms with Crippen LogP contribution in [0.15, 0.2) is 72.4 Å². The Bertz CT molecular complexity index is 933. The van der Waals surface area contributed by atoms with Crippen LogP contribution in [0.25, 0.3) is 5.82 Å². The number of aromatic nitrogens is 3. The minimum atomic E-state index is 0.254. The van der Waals surface area contributed by atoms with Gasteiger partial charge in [-0.05, 0) is 36.8 Å². The number of hydrogen-bond donors (Lipinski definition) is 1. The zero-order chi connectivity index (χ0) is 20.6. The maximum absolute atomic E-state index is 6.12. The van der Waals surface area contributed by atoms with Gasteiger partial charge in [0, 0.05) is 51.1 Å². The lowest BCUT2D eigenvalue weighted by molar-refractivity contribution is 0.129. The van der Waals surface area contributed by atoms with Gasteiger partial charge in [0.05, 0.1) is 6.54 Å². The second-order valence-corrected chi connectivity index (χ2v) is 7.28. The Labute approximate surface area is 177 Å². The molecule has 30 heavy (non-hydrogen) atoms. The van der Waals surface area contributed by atoms with Gasteiger partial charge in [-0.1, -0.05) is 18.2 Å². The standard InChI is InChI=1S/C23H28N6O/c1-2-25-23(27-17-19-8-11-26-22(16-19)29-15-12-24-18-29)28-13-9-21(10-14-28)30-20-6-4-3-5-7-20/h3-8,11-12,15-16,18,21H,2,9-10,13-14,17H2,1H3,(H,25,27). The van der Waals surface area contributed by atoms with Crippen LogP contribution >= 0.6 is 0 Å². The molecule has 0 atom stereocenters. The van der Waals surface area contributed by atoms with E-state index in [9.17, 15) is 0 Å². The fourth-order valence-corrected chi connectivity index (χ4v) is 3.56. The average Bonchev–Trinajstić information content (AvgIpc) is 3.33. The lowest BCUT2D eigenvalue weighted by Gasteiger charge is -2.34. The second-order valence-electron chi connectivity index (χ2n) is 7.28. The summed E-state index contributed by atoms with van der Waals surface area (Å²) >= 11 is 0. The molecule has 1 saturated heterocycles. The molecule has 0 spiro atoms. The zero-order valence-electron chi connectivity index (χ0n) is 17.3. The van der Waals surface area contributed by atoms with Crippen molar-refractivity contribution in [2.45, 2.75) is 32.4 Å². The fourth-order valence-electron chi connectivity index (χ4n) is 3.56. The molecule has 1 aliphatic heterocycles. The van der Waals surface area contributed by atoms with E-state index in [1.54, 1.807) is 12.5 Å². The van der Waals surface area contributed by atoms with Gasteiger partial charge in [0.25, 0.3) is 0 Å². The number of aliphatic imine (C=N–C) groups is 1. The van der Waals surface area contributed by atoms with E-state index in [4.69, 9.17) is 9.73 Å². The van der Waals surface area contributed by atoms with Crippen molar-refractivity contribution in [3.8, 4) is 11.6 Å². The molecule has 0 amide bonds. The van der Waals surface area contributed by atoms with Crippen molar-refractivity contribution >= 4 is 5.96 Å². The molecule has 1 aromatic carbocycles. The molecule has 0 saturated carbocycles.